The molecule has 0 saturated heterocycles. The lowest BCUT2D eigenvalue weighted by Gasteiger charge is -2.04. The molecule has 0 spiro atoms. The van der Waals surface area contributed by atoms with Gasteiger partial charge in [0.05, 0.1) is 0 Å². The third-order valence-corrected chi connectivity index (χ3v) is 3.92. The maximum atomic E-state index is 4.60. The third-order valence-electron chi connectivity index (χ3n) is 3.92. The number of unbranched alkanes of at least 4 members (excludes halogenated alkanes) is 1. The van der Waals surface area contributed by atoms with Gasteiger partial charge in [0.1, 0.15) is 0 Å². The van der Waals surface area contributed by atoms with Crippen LogP contribution in [0.2, 0.25) is 0 Å². The summed E-state index contributed by atoms with van der Waals surface area (Å²) >= 11 is 0. The predicted octanol–water partition coefficient (Wildman–Crippen LogP) is 5.31. The normalized spacial score (nSPS) is 10.5. The summed E-state index contributed by atoms with van der Waals surface area (Å²) in [5.41, 5.74) is 5.03. The van der Waals surface area contributed by atoms with Gasteiger partial charge in [0.15, 0.2) is 0 Å². The number of hydrogen-bond donors (Lipinski definition) is 0. The van der Waals surface area contributed by atoms with Gasteiger partial charge in [-0.2, -0.15) is 0 Å². The van der Waals surface area contributed by atoms with E-state index in [0.29, 0.717) is 0 Å². The van der Waals surface area contributed by atoms with E-state index in [0.717, 1.165) is 12.8 Å². The molecule has 1 heteroatoms. The first-order valence-corrected chi connectivity index (χ1v) is 7.96. The zero-order valence-corrected chi connectivity index (χ0v) is 12.8. The zero-order valence-electron chi connectivity index (χ0n) is 12.8. The molecule has 0 aliphatic carbocycles. The van der Waals surface area contributed by atoms with Crippen molar-refractivity contribution >= 4 is 0 Å². The van der Waals surface area contributed by atoms with Crippen molar-refractivity contribution in [3.63, 3.8) is 0 Å². The Kier molecular flexibility index (Phi) is 4.99. The van der Waals surface area contributed by atoms with Crippen molar-refractivity contribution in [2.24, 2.45) is 0 Å². The lowest BCUT2D eigenvalue weighted by molar-refractivity contribution is 0.723. The first kappa shape index (κ1) is 14.5. The Morgan fingerprint density at radius 1 is 0.591 bits per heavy atom. The topological polar surface area (TPSA) is 12.9 Å². The molecule has 0 fully saturated rings. The van der Waals surface area contributed by atoms with Crippen LogP contribution in [0, 0.1) is 0 Å². The Balaban J connectivity index is 1.49. The number of hydrogen-bond acceptors (Lipinski definition) is 1. The van der Waals surface area contributed by atoms with E-state index in [2.05, 4.69) is 71.7 Å². The highest BCUT2D eigenvalue weighted by molar-refractivity contribution is 5.62. The number of benzene rings is 2. The monoisotopic (exact) mass is 287 g/mol. The van der Waals surface area contributed by atoms with Crippen LogP contribution in [0.15, 0.2) is 79.0 Å². The van der Waals surface area contributed by atoms with E-state index in [-0.39, 0.29) is 0 Å². The average molecular weight is 287 g/mol. The molecule has 0 bridgehead atoms. The van der Waals surface area contributed by atoms with Crippen molar-refractivity contribution < 1.29 is 0 Å². The fraction of sp³-hybridized carbons (Fsp3) is 0.190. The summed E-state index contributed by atoms with van der Waals surface area (Å²) in [6, 6.07) is 25.4. The standard InChI is InChI=1S/C21H21N/c1-3-9-18(10-4-1)11-7-8-14-21-16-15-20(17-22-21)19-12-5-2-6-13-19/h1-6,9-10,12-13,15-17H,7-8,11,14H2. The van der Waals surface area contributed by atoms with E-state index in [1.54, 1.807) is 0 Å². The van der Waals surface area contributed by atoms with Gasteiger partial charge in [0, 0.05) is 17.5 Å². The van der Waals surface area contributed by atoms with Crippen molar-refractivity contribution in [2.75, 3.05) is 0 Å². The molecular formula is C21H21N. The molecule has 0 amide bonds. The smallest absolute Gasteiger partial charge is 0.0404 e. The van der Waals surface area contributed by atoms with Crippen LogP contribution < -0.4 is 0 Å². The number of nitrogens with zero attached hydrogens (tertiary/aromatic N) is 1. The molecule has 3 aromatic rings. The Labute approximate surface area is 132 Å². The molecule has 1 aromatic heterocycles. The molecular weight excluding hydrogens is 266 g/mol. The highest BCUT2D eigenvalue weighted by Crippen LogP contribution is 2.18. The van der Waals surface area contributed by atoms with Gasteiger partial charge in [-0.3, -0.25) is 4.98 Å². The predicted molar refractivity (Wildman–Crippen MR) is 92.8 cm³/mol. The van der Waals surface area contributed by atoms with E-state index >= 15 is 0 Å². The van der Waals surface area contributed by atoms with Gasteiger partial charge in [0.25, 0.3) is 0 Å². The van der Waals surface area contributed by atoms with Gasteiger partial charge in [0.2, 0.25) is 0 Å². The minimum Gasteiger partial charge on any atom is -0.261 e. The minimum atomic E-state index is 1.06. The Morgan fingerprint density at radius 3 is 1.95 bits per heavy atom. The second-order valence-corrected chi connectivity index (χ2v) is 5.60. The Bertz CT molecular complexity index is 672. The van der Waals surface area contributed by atoms with E-state index in [9.17, 15) is 0 Å². The largest absolute Gasteiger partial charge is 0.261 e. The van der Waals surface area contributed by atoms with Crippen molar-refractivity contribution in [2.45, 2.75) is 25.7 Å². The summed E-state index contributed by atoms with van der Waals surface area (Å²) in [4.78, 5) is 4.60. The highest BCUT2D eigenvalue weighted by Gasteiger charge is 1.99. The number of pyridine rings is 1. The fourth-order valence-electron chi connectivity index (χ4n) is 2.65. The van der Waals surface area contributed by atoms with Crippen LogP contribution in [0.25, 0.3) is 11.1 Å². The van der Waals surface area contributed by atoms with Crippen molar-refractivity contribution in [1.29, 1.82) is 0 Å². The summed E-state index contributed by atoms with van der Waals surface area (Å²) in [6.45, 7) is 0. The van der Waals surface area contributed by atoms with E-state index in [1.165, 1.54) is 35.2 Å². The van der Waals surface area contributed by atoms with E-state index < -0.39 is 0 Å². The summed E-state index contributed by atoms with van der Waals surface area (Å²) in [7, 11) is 0. The minimum absolute atomic E-state index is 1.06. The van der Waals surface area contributed by atoms with Gasteiger partial charge >= 0.3 is 0 Å². The first-order valence-electron chi connectivity index (χ1n) is 7.96. The summed E-state index contributed by atoms with van der Waals surface area (Å²) in [5.74, 6) is 0. The molecule has 3 rings (SSSR count). The average Bonchev–Trinajstić information content (AvgIpc) is 2.61. The lowest BCUT2D eigenvalue weighted by Crippen LogP contribution is -1.92. The molecule has 0 N–H and O–H groups in total. The van der Waals surface area contributed by atoms with Gasteiger partial charge in [-0.05, 0) is 42.9 Å². The maximum Gasteiger partial charge on any atom is 0.0404 e. The molecule has 110 valence electrons. The van der Waals surface area contributed by atoms with Crippen molar-refractivity contribution in [3.8, 4) is 11.1 Å². The van der Waals surface area contributed by atoms with Gasteiger partial charge in [-0.1, -0.05) is 66.7 Å². The van der Waals surface area contributed by atoms with Crippen molar-refractivity contribution in [3.05, 3.63) is 90.3 Å². The van der Waals surface area contributed by atoms with Crippen LogP contribution in [0.3, 0.4) is 0 Å². The molecule has 0 aliphatic rings. The second kappa shape index (κ2) is 7.56. The van der Waals surface area contributed by atoms with Crippen LogP contribution in [-0.4, -0.2) is 4.98 Å². The SMILES string of the molecule is c1ccc(CCCCc2ccc(-c3ccccc3)cn2)cc1. The van der Waals surface area contributed by atoms with Crippen LogP contribution in [0.5, 0.6) is 0 Å². The molecule has 1 nitrogen and oxygen atoms in total. The molecule has 0 radical (unpaired) electrons. The molecule has 22 heavy (non-hydrogen) atoms. The molecule has 0 atom stereocenters. The number of aryl methyl sites for hydroxylation is 2. The molecule has 0 saturated carbocycles. The third kappa shape index (κ3) is 4.05. The Morgan fingerprint density at radius 2 is 1.27 bits per heavy atom. The number of rotatable bonds is 6. The van der Waals surface area contributed by atoms with Crippen LogP contribution >= 0.6 is 0 Å². The zero-order chi connectivity index (χ0) is 15.0. The number of aromatic nitrogens is 1. The molecule has 2 aromatic carbocycles. The molecule has 0 unspecified atom stereocenters. The second-order valence-electron chi connectivity index (χ2n) is 5.60. The van der Waals surface area contributed by atoms with Gasteiger partial charge in [-0.25, -0.2) is 0 Å². The Hall–Kier alpha value is -2.41. The van der Waals surface area contributed by atoms with Crippen LogP contribution in [0.1, 0.15) is 24.1 Å². The summed E-state index contributed by atoms with van der Waals surface area (Å²) < 4.78 is 0. The van der Waals surface area contributed by atoms with Gasteiger partial charge < -0.3 is 0 Å². The quantitative estimate of drug-likeness (QED) is 0.560. The van der Waals surface area contributed by atoms with Crippen molar-refractivity contribution in [1.82, 2.24) is 4.98 Å². The maximum absolute atomic E-state index is 4.60. The first-order chi connectivity index (χ1) is 10.9. The van der Waals surface area contributed by atoms with Crippen LogP contribution in [-0.2, 0) is 12.8 Å². The van der Waals surface area contributed by atoms with Crippen LogP contribution in [0.4, 0.5) is 0 Å². The molecule has 1 heterocycles. The highest BCUT2D eigenvalue weighted by atomic mass is 14.7. The summed E-state index contributed by atoms with van der Waals surface area (Å²) in [6.07, 6.45) is 6.60. The summed E-state index contributed by atoms with van der Waals surface area (Å²) in [5, 5.41) is 0. The molecule has 0 aliphatic heterocycles. The lowest BCUT2D eigenvalue weighted by atomic mass is 10.0. The fourth-order valence-corrected chi connectivity index (χ4v) is 2.65. The van der Waals surface area contributed by atoms with E-state index in [4.69, 9.17) is 0 Å². The van der Waals surface area contributed by atoms with Gasteiger partial charge in [-0.15, -0.1) is 0 Å². The van der Waals surface area contributed by atoms with E-state index in [1.807, 2.05) is 12.3 Å².